The van der Waals surface area contributed by atoms with E-state index < -0.39 is 7.29 Å². The van der Waals surface area contributed by atoms with Gasteiger partial charge in [-0.25, -0.2) is 4.67 Å². The van der Waals surface area contributed by atoms with Crippen molar-refractivity contribution in [1.82, 2.24) is 4.67 Å². The van der Waals surface area contributed by atoms with Crippen LogP contribution in [0.5, 0.6) is 0 Å². The molecule has 112 valence electrons. The van der Waals surface area contributed by atoms with Gasteiger partial charge in [0.2, 0.25) is 0 Å². The van der Waals surface area contributed by atoms with Crippen molar-refractivity contribution < 1.29 is 9.67 Å². The Labute approximate surface area is 122 Å². The van der Waals surface area contributed by atoms with Crippen molar-refractivity contribution in [2.45, 2.75) is 45.6 Å². The van der Waals surface area contributed by atoms with Gasteiger partial charge in [0.25, 0.3) is 0 Å². The zero-order valence-electron chi connectivity index (χ0n) is 12.7. The van der Waals surface area contributed by atoms with Crippen LogP contribution in [0.2, 0.25) is 0 Å². The van der Waals surface area contributed by atoms with Crippen molar-refractivity contribution in [2.75, 3.05) is 19.3 Å². The second-order valence-electron chi connectivity index (χ2n) is 5.95. The molecule has 0 radical (unpaired) electrons. The summed E-state index contributed by atoms with van der Waals surface area (Å²) in [6, 6.07) is 8.24. The van der Waals surface area contributed by atoms with Crippen molar-refractivity contribution >= 4 is 12.6 Å². The van der Waals surface area contributed by atoms with Crippen LogP contribution in [0.3, 0.4) is 0 Å². The molecule has 0 aromatic heterocycles. The van der Waals surface area contributed by atoms with Crippen LogP contribution in [0.4, 0.5) is 0 Å². The minimum atomic E-state index is -2.50. The molecule has 0 spiro atoms. The number of piperidine rings is 1. The van der Waals surface area contributed by atoms with E-state index in [9.17, 15) is 9.67 Å². The van der Waals surface area contributed by atoms with Gasteiger partial charge in [-0.1, -0.05) is 39.0 Å². The maximum absolute atomic E-state index is 13.5. The summed E-state index contributed by atoms with van der Waals surface area (Å²) in [4.78, 5) is 0. The first kappa shape index (κ1) is 15.8. The average molecular weight is 295 g/mol. The summed E-state index contributed by atoms with van der Waals surface area (Å²) in [5.74, 6) is 0.448. The molecule has 3 nitrogen and oxygen atoms in total. The Hall–Kier alpha value is -0.630. The van der Waals surface area contributed by atoms with E-state index >= 15 is 0 Å². The first-order valence-electron chi connectivity index (χ1n) is 7.60. The predicted molar refractivity (Wildman–Crippen MR) is 85.1 cm³/mol. The molecular weight excluding hydrogens is 269 g/mol. The van der Waals surface area contributed by atoms with Crippen LogP contribution in [0.25, 0.3) is 0 Å². The first-order valence-corrected chi connectivity index (χ1v) is 9.45. The molecule has 0 amide bonds. The molecule has 1 aromatic rings. The van der Waals surface area contributed by atoms with Crippen LogP contribution in [0.15, 0.2) is 24.3 Å². The fourth-order valence-electron chi connectivity index (χ4n) is 2.82. The number of benzene rings is 1. The summed E-state index contributed by atoms with van der Waals surface area (Å²) in [7, 11) is -2.50. The van der Waals surface area contributed by atoms with Gasteiger partial charge in [-0.05, 0) is 30.4 Å². The zero-order chi connectivity index (χ0) is 14.8. The number of aliphatic hydroxyl groups is 1. The molecule has 1 N–H and O–H groups in total. The van der Waals surface area contributed by atoms with Crippen molar-refractivity contribution in [3.63, 3.8) is 0 Å². The van der Waals surface area contributed by atoms with Crippen molar-refractivity contribution in [2.24, 2.45) is 0 Å². The van der Waals surface area contributed by atoms with Gasteiger partial charge < -0.3 is 9.67 Å². The summed E-state index contributed by atoms with van der Waals surface area (Å²) in [6.45, 7) is 7.80. The molecule has 1 unspecified atom stereocenters. The average Bonchev–Trinajstić information content (AvgIpc) is 2.47. The van der Waals surface area contributed by atoms with E-state index in [4.69, 9.17) is 0 Å². The van der Waals surface area contributed by atoms with Gasteiger partial charge in [-0.3, -0.25) is 0 Å². The summed E-state index contributed by atoms with van der Waals surface area (Å²) < 4.78 is 15.6. The van der Waals surface area contributed by atoms with Crippen LogP contribution < -0.4 is 5.30 Å². The maximum Gasteiger partial charge on any atom is 0.178 e. The molecule has 0 bridgehead atoms. The largest absolute Gasteiger partial charge is 0.393 e. The quantitative estimate of drug-likeness (QED) is 0.867. The molecule has 0 saturated carbocycles. The lowest BCUT2D eigenvalue weighted by Gasteiger charge is -2.36. The van der Waals surface area contributed by atoms with E-state index in [1.54, 1.807) is 0 Å². The molecule has 20 heavy (non-hydrogen) atoms. The van der Waals surface area contributed by atoms with Crippen LogP contribution >= 0.6 is 7.29 Å². The molecule has 1 aliphatic rings. The minimum absolute atomic E-state index is 0.224. The lowest BCUT2D eigenvalue weighted by molar-refractivity contribution is 0.112. The Morgan fingerprint density at radius 3 is 2.55 bits per heavy atom. The zero-order valence-corrected chi connectivity index (χ0v) is 13.6. The van der Waals surface area contributed by atoms with Crippen LogP contribution in [0.1, 0.15) is 45.1 Å². The van der Waals surface area contributed by atoms with Gasteiger partial charge in [-0.2, -0.15) is 0 Å². The molecule has 1 heterocycles. The third kappa shape index (κ3) is 3.16. The monoisotopic (exact) mass is 295 g/mol. The van der Waals surface area contributed by atoms with E-state index in [2.05, 4.69) is 30.7 Å². The first-order chi connectivity index (χ1) is 9.47. The van der Waals surface area contributed by atoms with E-state index in [0.717, 1.165) is 31.2 Å². The van der Waals surface area contributed by atoms with E-state index in [1.165, 1.54) is 5.56 Å². The third-order valence-electron chi connectivity index (χ3n) is 4.27. The number of aliphatic hydroxyl groups excluding tert-OH is 1. The molecule has 4 heteroatoms. The SMILES string of the molecule is CCP(=O)(c1cccc(C(C)C)c1)N1CCC(O)CC1. The number of rotatable bonds is 4. The molecule has 1 atom stereocenters. The third-order valence-corrected chi connectivity index (χ3v) is 7.52. The normalized spacial score (nSPS) is 21.1. The Morgan fingerprint density at radius 2 is 2.00 bits per heavy atom. The van der Waals surface area contributed by atoms with Gasteiger partial charge in [-0.15, -0.1) is 0 Å². The maximum atomic E-state index is 13.5. The van der Waals surface area contributed by atoms with Gasteiger partial charge in [0.05, 0.1) is 6.10 Å². The highest BCUT2D eigenvalue weighted by Gasteiger charge is 2.33. The standard InChI is InChI=1S/C16H26NO2P/c1-4-20(19,17-10-8-15(18)9-11-17)16-7-5-6-14(12-16)13(2)3/h5-7,12-13,15,18H,4,8-11H2,1-3H3. The van der Waals surface area contributed by atoms with Crippen molar-refractivity contribution in [3.8, 4) is 0 Å². The number of hydrogen-bond donors (Lipinski definition) is 1. The van der Waals surface area contributed by atoms with Gasteiger partial charge in [0, 0.05) is 24.6 Å². The van der Waals surface area contributed by atoms with E-state index in [0.29, 0.717) is 12.1 Å². The number of nitrogens with zero attached hydrogens (tertiary/aromatic N) is 1. The smallest absolute Gasteiger partial charge is 0.178 e. The summed E-state index contributed by atoms with van der Waals surface area (Å²) in [5, 5.41) is 10.6. The lowest BCUT2D eigenvalue weighted by Crippen LogP contribution is -2.37. The molecule has 1 saturated heterocycles. The topological polar surface area (TPSA) is 40.5 Å². The Kier molecular flexibility index (Phi) is 5.06. The Balaban J connectivity index is 2.30. The molecule has 0 aliphatic carbocycles. The highest BCUT2D eigenvalue weighted by Crippen LogP contribution is 2.49. The highest BCUT2D eigenvalue weighted by molar-refractivity contribution is 7.69. The van der Waals surface area contributed by atoms with Gasteiger partial charge in [0.15, 0.2) is 7.29 Å². The molecular formula is C16H26NO2P. The molecule has 2 rings (SSSR count). The van der Waals surface area contributed by atoms with Gasteiger partial charge >= 0.3 is 0 Å². The Morgan fingerprint density at radius 1 is 1.35 bits per heavy atom. The highest BCUT2D eigenvalue weighted by atomic mass is 31.2. The summed E-state index contributed by atoms with van der Waals surface area (Å²) in [5.41, 5.74) is 1.24. The predicted octanol–water partition coefficient (Wildman–Crippen LogP) is 3.19. The van der Waals surface area contributed by atoms with E-state index in [1.807, 2.05) is 19.1 Å². The van der Waals surface area contributed by atoms with Crippen LogP contribution in [-0.4, -0.2) is 35.1 Å². The second-order valence-corrected chi connectivity index (χ2v) is 9.07. The fourth-order valence-corrected chi connectivity index (χ4v) is 5.46. The molecule has 1 aromatic carbocycles. The second kappa shape index (κ2) is 6.43. The molecule has 1 fully saturated rings. The molecule has 1 aliphatic heterocycles. The fraction of sp³-hybridized carbons (Fsp3) is 0.625. The summed E-state index contributed by atoms with van der Waals surface area (Å²) >= 11 is 0. The van der Waals surface area contributed by atoms with Crippen molar-refractivity contribution in [3.05, 3.63) is 29.8 Å². The minimum Gasteiger partial charge on any atom is -0.393 e. The Bertz CT molecular complexity index is 493. The van der Waals surface area contributed by atoms with Crippen LogP contribution in [0, 0.1) is 0 Å². The van der Waals surface area contributed by atoms with E-state index in [-0.39, 0.29) is 6.10 Å². The number of hydrogen-bond acceptors (Lipinski definition) is 2. The van der Waals surface area contributed by atoms with Crippen molar-refractivity contribution in [1.29, 1.82) is 0 Å². The van der Waals surface area contributed by atoms with Crippen LogP contribution in [-0.2, 0) is 4.57 Å². The summed E-state index contributed by atoms with van der Waals surface area (Å²) in [6.07, 6.45) is 1.89. The lowest BCUT2D eigenvalue weighted by atomic mass is 10.0. The van der Waals surface area contributed by atoms with Gasteiger partial charge in [0.1, 0.15) is 0 Å².